The zero-order valence-corrected chi connectivity index (χ0v) is 13.3. The highest BCUT2D eigenvalue weighted by Gasteiger charge is 2.48. The molecule has 0 fully saturated rings. The molecule has 4 heteroatoms. The number of halogens is 1. The molecule has 0 bridgehead atoms. The Bertz CT molecular complexity index is 547. The molecule has 1 unspecified atom stereocenters. The van der Waals surface area contributed by atoms with Crippen molar-refractivity contribution in [3.63, 3.8) is 0 Å². The van der Waals surface area contributed by atoms with E-state index in [0.717, 1.165) is 0 Å². The van der Waals surface area contributed by atoms with Crippen LogP contribution in [0.2, 0.25) is 5.54 Å². The van der Waals surface area contributed by atoms with Gasteiger partial charge in [-0.3, -0.25) is 4.79 Å². The Morgan fingerprint density at radius 2 is 1.48 bits per heavy atom. The van der Waals surface area contributed by atoms with Gasteiger partial charge in [0.2, 0.25) is 0 Å². The summed E-state index contributed by atoms with van der Waals surface area (Å²) < 4.78 is 21.1. The van der Waals surface area contributed by atoms with Crippen molar-refractivity contribution in [1.82, 2.24) is 0 Å². The highest BCUT2D eigenvalue weighted by atomic mass is 28.4. The number of rotatable bonds is 5. The fourth-order valence-corrected chi connectivity index (χ4v) is 5.55. The first-order valence-corrected chi connectivity index (χ1v) is 9.02. The van der Waals surface area contributed by atoms with Gasteiger partial charge < -0.3 is 8.84 Å². The quantitative estimate of drug-likeness (QED) is 0.482. The molecule has 1 atom stereocenters. The third kappa shape index (κ3) is 3.05. The van der Waals surface area contributed by atoms with Crippen LogP contribution in [0.3, 0.4) is 0 Å². The van der Waals surface area contributed by atoms with Crippen LogP contribution in [0.4, 0.5) is 4.11 Å². The molecule has 2 nitrogen and oxygen atoms in total. The van der Waals surface area contributed by atoms with Gasteiger partial charge in [-0.15, -0.1) is 0 Å². The van der Waals surface area contributed by atoms with Crippen LogP contribution in [0.1, 0.15) is 13.8 Å². The molecule has 0 aromatic heterocycles. The van der Waals surface area contributed by atoms with Crippen LogP contribution < -0.4 is 10.4 Å². The fourth-order valence-electron chi connectivity index (χ4n) is 2.46. The molecule has 0 saturated heterocycles. The van der Waals surface area contributed by atoms with E-state index in [0.29, 0.717) is 10.4 Å². The minimum Gasteiger partial charge on any atom is -0.466 e. The monoisotopic (exact) mass is 302 g/mol. The molecule has 0 heterocycles. The molecule has 0 saturated carbocycles. The Hall–Kier alpha value is -1.94. The molecule has 0 aliphatic carbocycles. The summed E-state index contributed by atoms with van der Waals surface area (Å²) in [5, 5.41) is 1.19. The largest absolute Gasteiger partial charge is 0.466 e. The van der Waals surface area contributed by atoms with Crippen LogP contribution in [0, 0.1) is 0 Å². The normalized spacial score (nSPS) is 12.7. The van der Waals surface area contributed by atoms with Crippen molar-refractivity contribution in [3.05, 3.63) is 60.7 Å². The molecule has 21 heavy (non-hydrogen) atoms. The zero-order valence-electron chi connectivity index (χ0n) is 12.3. The van der Waals surface area contributed by atoms with Gasteiger partial charge in [0.25, 0.3) is 0 Å². The summed E-state index contributed by atoms with van der Waals surface area (Å²) in [6.45, 7) is 3.62. The van der Waals surface area contributed by atoms with Gasteiger partial charge in [-0.2, -0.15) is 0 Å². The minimum absolute atomic E-state index is 0.261. The third-order valence-electron chi connectivity index (χ3n) is 3.62. The average molecular weight is 302 g/mol. The van der Waals surface area contributed by atoms with E-state index in [2.05, 4.69) is 0 Å². The first-order chi connectivity index (χ1) is 10.1. The number of hydrogen-bond acceptors (Lipinski definition) is 2. The summed E-state index contributed by atoms with van der Waals surface area (Å²) in [5.41, 5.74) is -0.790. The summed E-state index contributed by atoms with van der Waals surface area (Å²) in [5.74, 6) is -0.473. The topological polar surface area (TPSA) is 26.3 Å². The summed E-state index contributed by atoms with van der Waals surface area (Å²) in [4.78, 5) is 12.1. The third-order valence-corrected chi connectivity index (χ3v) is 7.40. The van der Waals surface area contributed by atoms with Gasteiger partial charge in [0, 0.05) is 0 Å². The van der Waals surface area contributed by atoms with E-state index in [1.807, 2.05) is 12.1 Å². The summed E-state index contributed by atoms with van der Waals surface area (Å²) in [6, 6.07) is 17.9. The molecule has 110 valence electrons. The lowest BCUT2D eigenvalue weighted by molar-refractivity contribution is -0.142. The van der Waals surface area contributed by atoms with Crippen molar-refractivity contribution in [2.75, 3.05) is 6.61 Å². The van der Waals surface area contributed by atoms with Crippen molar-refractivity contribution in [1.29, 1.82) is 0 Å². The summed E-state index contributed by atoms with van der Waals surface area (Å²) in [7, 11) is -3.68. The van der Waals surface area contributed by atoms with Crippen LogP contribution in [-0.4, -0.2) is 21.0 Å². The van der Waals surface area contributed by atoms with Crippen LogP contribution in [0.25, 0.3) is 0 Å². The van der Waals surface area contributed by atoms with Crippen molar-refractivity contribution in [3.8, 4) is 0 Å². The van der Waals surface area contributed by atoms with Crippen LogP contribution in [0.15, 0.2) is 60.7 Å². The van der Waals surface area contributed by atoms with E-state index in [1.54, 1.807) is 62.4 Å². The highest BCUT2D eigenvalue weighted by molar-refractivity contribution is 6.99. The number of benzene rings is 2. The van der Waals surface area contributed by atoms with Crippen LogP contribution in [0.5, 0.6) is 0 Å². The summed E-state index contributed by atoms with van der Waals surface area (Å²) >= 11 is 0. The maximum Gasteiger partial charge on any atom is 0.322 e. The van der Waals surface area contributed by atoms with Gasteiger partial charge in [-0.1, -0.05) is 67.6 Å². The second-order valence-electron chi connectivity index (χ2n) is 4.92. The predicted molar refractivity (Wildman–Crippen MR) is 85.1 cm³/mol. The number of carbonyl (C=O) groups excluding carboxylic acids is 1. The lowest BCUT2D eigenvalue weighted by atomic mass is 10.4. The molecule has 0 aliphatic heterocycles. The Balaban J connectivity index is 2.52. The molecule has 0 amide bonds. The van der Waals surface area contributed by atoms with Gasteiger partial charge in [-0.05, 0) is 17.3 Å². The molecule has 2 aromatic rings. The van der Waals surface area contributed by atoms with E-state index in [1.165, 1.54) is 0 Å². The maximum atomic E-state index is 16.1. The molecule has 2 aromatic carbocycles. The molecule has 0 spiro atoms. The number of ether oxygens (including phenoxy) is 1. The smallest absolute Gasteiger partial charge is 0.322 e. The molecule has 0 radical (unpaired) electrons. The van der Waals surface area contributed by atoms with E-state index in [-0.39, 0.29) is 6.61 Å². The highest BCUT2D eigenvalue weighted by Crippen LogP contribution is 2.24. The molecule has 2 rings (SSSR count). The Labute approximate surface area is 125 Å². The van der Waals surface area contributed by atoms with Gasteiger partial charge >= 0.3 is 14.4 Å². The van der Waals surface area contributed by atoms with Crippen molar-refractivity contribution in [2.45, 2.75) is 19.4 Å². The number of esters is 1. The van der Waals surface area contributed by atoms with Gasteiger partial charge in [0.15, 0.2) is 0 Å². The molecule has 0 N–H and O–H groups in total. The first-order valence-electron chi connectivity index (χ1n) is 7.07. The van der Waals surface area contributed by atoms with E-state index >= 15 is 4.11 Å². The predicted octanol–water partition coefficient (Wildman–Crippen LogP) is 2.67. The second kappa shape index (κ2) is 6.67. The lowest BCUT2D eigenvalue weighted by Crippen LogP contribution is -2.59. The van der Waals surface area contributed by atoms with E-state index in [4.69, 9.17) is 4.74 Å². The Kier molecular flexibility index (Phi) is 4.91. The second-order valence-corrected chi connectivity index (χ2v) is 8.36. The first kappa shape index (κ1) is 15.4. The minimum atomic E-state index is -3.68. The van der Waals surface area contributed by atoms with Gasteiger partial charge in [0.1, 0.15) is 0 Å². The van der Waals surface area contributed by atoms with Crippen LogP contribution >= 0.6 is 0 Å². The molecule has 0 aliphatic rings. The number of hydrogen-bond donors (Lipinski definition) is 0. The van der Waals surface area contributed by atoms with E-state index in [9.17, 15) is 4.79 Å². The molecular formula is C17H19FO2Si. The summed E-state index contributed by atoms with van der Waals surface area (Å²) in [6.07, 6.45) is 0. The van der Waals surface area contributed by atoms with Crippen molar-refractivity contribution in [2.24, 2.45) is 0 Å². The number of carbonyl (C=O) groups is 1. The van der Waals surface area contributed by atoms with Crippen molar-refractivity contribution >= 4 is 24.8 Å². The van der Waals surface area contributed by atoms with E-state index < -0.39 is 19.9 Å². The molecular weight excluding hydrogens is 283 g/mol. The lowest BCUT2D eigenvalue weighted by Gasteiger charge is -2.28. The Morgan fingerprint density at radius 3 is 1.86 bits per heavy atom. The standard InChI is InChI=1S/C17H19FO2Si/c1-3-20-17(19)14(2)21(18,15-10-6-4-7-11-15)16-12-8-5-9-13-16/h4-14H,3H2,1-2H3. The Morgan fingerprint density at radius 1 is 1.05 bits per heavy atom. The van der Waals surface area contributed by atoms with Crippen LogP contribution in [-0.2, 0) is 9.53 Å². The maximum absolute atomic E-state index is 16.1. The van der Waals surface area contributed by atoms with Crippen molar-refractivity contribution < 1.29 is 13.6 Å². The average Bonchev–Trinajstić information content (AvgIpc) is 2.55. The zero-order chi connectivity index (χ0) is 15.3. The fraction of sp³-hybridized carbons (Fsp3) is 0.235. The SMILES string of the molecule is CCOC(=O)C(C)[Si](F)(c1ccccc1)c1ccccc1. The van der Waals surface area contributed by atoms with Gasteiger partial charge in [-0.25, -0.2) is 0 Å². The van der Waals surface area contributed by atoms with Gasteiger partial charge in [0.05, 0.1) is 12.1 Å².